The first-order valence-electron chi connectivity index (χ1n) is 22.6. The number of nitrogens with zero attached hydrogens (tertiary/aromatic N) is 10. The Morgan fingerprint density at radius 2 is 1.01 bits per heavy atom. The van der Waals surface area contributed by atoms with Gasteiger partial charge in [-0.05, 0) is 125 Å². The Hall–Kier alpha value is -9.56. The molecule has 4 heterocycles. The van der Waals surface area contributed by atoms with Crippen LogP contribution in [0.3, 0.4) is 0 Å². The van der Waals surface area contributed by atoms with Crippen LogP contribution in [0.15, 0.2) is 215 Å². The molecule has 0 unspecified atom stereocenters. The van der Waals surface area contributed by atoms with Gasteiger partial charge in [-0.25, -0.2) is 0 Å². The molecule has 0 saturated carbocycles. The third-order valence-corrected chi connectivity index (χ3v) is 11.8. The van der Waals surface area contributed by atoms with Gasteiger partial charge >= 0.3 is 0 Å². The van der Waals surface area contributed by atoms with Crippen molar-refractivity contribution in [2.45, 2.75) is 26.2 Å². The van der Waals surface area contributed by atoms with E-state index in [-0.39, 0.29) is 11.5 Å². The number of rotatable bonds is 15. The van der Waals surface area contributed by atoms with Gasteiger partial charge in [-0.1, -0.05) is 66.7 Å². The minimum atomic E-state index is -0.0115. The highest BCUT2D eigenvalue weighted by Gasteiger charge is 2.19. The molecule has 0 aliphatic rings. The number of hydrogen-bond acceptors (Lipinski definition) is 14. The molecule has 0 radical (unpaired) electrons. The van der Waals surface area contributed by atoms with E-state index in [4.69, 9.17) is 21.6 Å². The lowest BCUT2D eigenvalue weighted by Gasteiger charge is -2.26. The van der Waals surface area contributed by atoms with Gasteiger partial charge in [0, 0.05) is 41.2 Å². The summed E-state index contributed by atoms with van der Waals surface area (Å²) in [4.78, 5) is 22.8. The van der Waals surface area contributed by atoms with Gasteiger partial charge in [-0.3, -0.25) is 19.9 Å². The van der Waals surface area contributed by atoms with E-state index in [1.54, 1.807) is 49.1 Å². The van der Waals surface area contributed by atoms with Gasteiger partial charge in [-0.2, -0.15) is 5.11 Å². The van der Waals surface area contributed by atoms with Crippen molar-refractivity contribution in [3.05, 3.63) is 217 Å². The normalized spacial score (nSPS) is 11.5. The van der Waals surface area contributed by atoms with Crippen LogP contribution in [0.25, 0.3) is 32.7 Å². The summed E-state index contributed by atoms with van der Waals surface area (Å²) in [5, 5.41) is 43.8. The number of benzene rings is 6. The minimum absolute atomic E-state index is 0.0115. The van der Waals surface area contributed by atoms with Gasteiger partial charge in [0.2, 0.25) is 0 Å². The van der Waals surface area contributed by atoms with Crippen molar-refractivity contribution in [1.82, 2.24) is 19.9 Å². The monoisotopic (exact) mass is 918 g/mol. The number of hydrogen-bond donors (Lipinski definition) is 4. The molecule has 70 heavy (non-hydrogen) atoms. The van der Waals surface area contributed by atoms with E-state index in [0.717, 1.165) is 61.4 Å². The zero-order chi connectivity index (χ0) is 47.8. The highest BCUT2D eigenvalue weighted by Crippen LogP contribution is 2.42. The fourth-order valence-electron chi connectivity index (χ4n) is 8.47. The van der Waals surface area contributed by atoms with E-state index < -0.39 is 0 Å². The zero-order valence-corrected chi connectivity index (χ0v) is 37.8. The average Bonchev–Trinajstić information content (AvgIpc) is 3.38. The number of azo groups is 2. The van der Waals surface area contributed by atoms with Crippen LogP contribution in [0.5, 0.6) is 11.5 Å². The topological polar surface area (TPSA) is 200 Å². The molecular weight excluding hydrogens is 873 g/mol. The van der Waals surface area contributed by atoms with Crippen LogP contribution in [-0.4, -0.2) is 30.1 Å². The molecule has 0 fully saturated rings. The zero-order valence-electron chi connectivity index (χ0n) is 37.8. The van der Waals surface area contributed by atoms with Crippen LogP contribution in [0.4, 0.5) is 45.5 Å². The summed E-state index contributed by atoms with van der Waals surface area (Å²) in [5.74, 6) is 0.00827. The summed E-state index contributed by atoms with van der Waals surface area (Å²) >= 11 is 0. The van der Waals surface area contributed by atoms with E-state index >= 15 is 0 Å². The number of nitrogens with two attached hydrogens (primary N) is 2. The largest absolute Gasteiger partial charge is 0.506 e. The fourth-order valence-corrected chi connectivity index (χ4v) is 8.47. The van der Waals surface area contributed by atoms with E-state index in [2.05, 4.69) is 46.2 Å². The Kier molecular flexibility index (Phi) is 12.7. The van der Waals surface area contributed by atoms with Crippen LogP contribution < -0.4 is 21.3 Å². The molecule has 10 rings (SSSR count). The Morgan fingerprint density at radius 1 is 0.429 bits per heavy atom. The molecule has 10 aromatic rings. The average molecular weight is 919 g/mol. The molecule has 14 heteroatoms. The summed E-state index contributed by atoms with van der Waals surface area (Å²) in [7, 11) is 0. The van der Waals surface area contributed by atoms with E-state index in [0.29, 0.717) is 65.7 Å². The summed E-state index contributed by atoms with van der Waals surface area (Å²) in [6.45, 7) is 1.83. The molecule has 6 aromatic carbocycles. The number of phenols is 2. The Bertz CT molecular complexity index is 3480. The van der Waals surface area contributed by atoms with Crippen molar-refractivity contribution in [1.29, 1.82) is 0 Å². The van der Waals surface area contributed by atoms with Crippen LogP contribution in [0.2, 0.25) is 0 Å². The lowest BCUT2D eigenvalue weighted by atomic mass is 9.97. The molecule has 0 aliphatic carbocycles. The second kappa shape index (κ2) is 20.1. The molecule has 0 aliphatic heterocycles. The van der Waals surface area contributed by atoms with Crippen molar-refractivity contribution < 1.29 is 10.2 Å². The minimum Gasteiger partial charge on any atom is -0.506 e. The highest BCUT2D eigenvalue weighted by atomic mass is 16.3. The number of fused-ring (bicyclic) bond motifs is 2. The molecule has 14 nitrogen and oxygen atoms in total. The first-order valence-corrected chi connectivity index (χ1v) is 22.6. The molecular formula is C56H46N12O2. The van der Waals surface area contributed by atoms with E-state index in [1.165, 1.54) is 0 Å². The third kappa shape index (κ3) is 9.92. The van der Waals surface area contributed by atoms with Crippen molar-refractivity contribution in [2.75, 3.05) is 21.3 Å². The van der Waals surface area contributed by atoms with Crippen molar-refractivity contribution >= 4 is 67.0 Å². The van der Waals surface area contributed by atoms with Gasteiger partial charge in [0.15, 0.2) is 0 Å². The van der Waals surface area contributed by atoms with Gasteiger partial charge in [0.1, 0.15) is 28.6 Å². The molecule has 0 atom stereocenters. The standard InChI is InChI=1S/C56H46N12O2/c57-39-18-21-52(50(31-39)64-66-55-46-14-2-1-10-37(46)17-23-53(55)69)68(35-43-13-5-8-28-61-43)36-44-30-38(25-29-62-44)45-15-9-16-48-47(45)20-24-54(70)56(48)65-63-40-19-22-51(49(58)32-40)67(33-41-11-3-6-26-59-41)34-42-12-4-7-27-60-42/h1-32,69-70H,33-36,57-58H2/b65-63+,66-64+. The Morgan fingerprint density at radius 3 is 1.70 bits per heavy atom. The number of phenolic OH excluding ortho intramolecular Hbond substituents is 2. The maximum Gasteiger partial charge on any atom is 0.143 e. The van der Waals surface area contributed by atoms with Crippen molar-refractivity contribution in [3.8, 4) is 22.6 Å². The van der Waals surface area contributed by atoms with Gasteiger partial charge < -0.3 is 31.5 Å². The number of aromatic hydroxyl groups is 2. The summed E-state index contributed by atoms with van der Waals surface area (Å²) < 4.78 is 0. The number of anilines is 4. The number of pyridine rings is 4. The lowest BCUT2D eigenvalue weighted by Crippen LogP contribution is -2.24. The predicted octanol–water partition coefficient (Wildman–Crippen LogP) is 13.1. The fraction of sp³-hybridized carbons (Fsp3) is 0.0714. The molecule has 0 spiro atoms. The first-order chi connectivity index (χ1) is 34.3. The number of nitrogen functional groups attached to an aromatic ring is 2. The maximum absolute atomic E-state index is 11.2. The molecule has 0 amide bonds. The first kappa shape index (κ1) is 44.3. The third-order valence-electron chi connectivity index (χ3n) is 11.8. The molecule has 6 N–H and O–H groups in total. The lowest BCUT2D eigenvalue weighted by molar-refractivity contribution is 0.476. The smallest absolute Gasteiger partial charge is 0.143 e. The second-order valence-corrected chi connectivity index (χ2v) is 16.6. The maximum atomic E-state index is 11.2. The van der Waals surface area contributed by atoms with E-state index in [9.17, 15) is 10.2 Å². The summed E-state index contributed by atoms with van der Waals surface area (Å²) in [6, 6.07) is 53.1. The van der Waals surface area contributed by atoms with Crippen LogP contribution in [-0.2, 0) is 26.2 Å². The van der Waals surface area contributed by atoms with Crippen LogP contribution in [0, 0.1) is 0 Å². The van der Waals surface area contributed by atoms with Crippen molar-refractivity contribution in [3.63, 3.8) is 0 Å². The predicted molar refractivity (Wildman–Crippen MR) is 277 cm³/mol. The van der Waals surface area contributed by atoms with Crippen molar-refractivity contribution in [2.24, 2.45) is 20.5 Å². The summed E-state index contributed by atoms with van der Waals surface area (Å²) in [6.07, 6.45) is 7.11. The number of aromatic nitrogens is 4. The highest BCUT2D eigenvalue weighted by molar-refractivity contribution is 6.04. The molecule has 0 bridgehead atoms. The Balaban J connectivity index is 0.948. The van der Waals surface area contributed by atoms with Gasteiger partial charge in [-0.15, -0.1) is 15.3 Å². The second-order valence-electron chi connectivity index (χ2n) is 16.6. The van der Waals surface area contributed by atoms with E-state index in [1.807, 2.05) is 140 Å². The van der Waals surface area contributed by atoms with Gasteiger partial charge in [0.25, 0.3) is 0 Å². The van der Waals surface area contributed by atoms with Crippen LogP contribution in [0.1, 0.15) is 22.8 Å². The molecule has 4 aromatic heterocycles. The Labute approximate surface area is 403 Å². The quantitative estimate of drug-likeness (QED) is 0.0566. The van der Waals surface area contributed by atoms with Gasteiger partial charge in [0.05, 0.1) is 71.7 Å². The summed E-state index contributed by atoms with van der Waals surface area (Å²) in [5.41, 5.74) is 22.6. The molecule has 0 saturated heterocycles. The molecule has 342 valence electrons. The van der Waals surface area contributed by atoms with Crippen LogP contribution >= 0.6 is 0 Å². The SMILES string of the molecule is Nc1ccc(N(Cc2ccccn2)Cc2cc(-c3cccc4c(/N=N/c5ccc(N(Cc6ccccn6)Cc6ccccn6)c(N)c5)c(O)ccc34)ccn2)c(/N=N/c2c(O)ccc3ccccc23)c1.